The molecule has 5 nitrogen and oxygen atoms in total. The molecule has 1 fully saturated rings. The Morgan fingerprint density at radius 1 is 1.18 bits per heavy atom. The summed E-state index contributed by atoms with van der Waals surface area (Å²) in [6.45, 7) is 4.00. The lowest BCUT2D eigenvalue weighted by molar-refractivity contribution is 0.481. The highest BCUT2D eigenvalue weighted by molar-refractivity contribution is 9.10. The SMILES string of the molecule is Cc1cnc(N(C)C2CCCN(c3ccc(Br)cn3)C2)nc1. The third-order valence-electron chi connectivity index (χ3n) is 4.06. The van der Waals surface area contributed by atoms with Gasteiger partial charge in [0.2, 0.25) is 5.95 Å². The molecule has 0 amide bonds. The molecule has 0 aromatic carbocycles. The largest absolute Gasteiger partial charge is 0.355 e. The number of pyridine rings is 1. The summed E-state index contributed by atoms with van der Waals surface area (Å²) in [5.41, 5.74) is 1.08. The molecule has 0 spiro atoms. The van der Waals surface area contributed by atoms with Crippen LogP contribution in [0.2, 0.25) is 0 Å². The number of piperidine rings is 1. The Morgan fingerprint density at radius 3 is 2.64 bits per heavy atom. The summed E-state index contributed by atoms with van der Waals surface area (Å²) in [5, 5.41) is 0. The zero-order valence-electron chi connectivity index (χ0n) is 12.9. The second-order valence-corrected chi connectivity index (χ2v) is 6.66. The number of likely N-dealkylation sites (N-methyl/N-ethyl adjacent to an activating group) is 1. The molecule has 0 bridgehead atoms. The number of hydrogen-bond acceptors (Lipinski definition) is 5. The predicted octanol–water partition coefficient (Wildman–Crippen LogP) is 3.05. The quantitative estimate of drug-likeness (QED) is 0.840. The van der Waals surface area contributed by atoms with Crippen LogP contribution in [0.15, 0.2) is 35.2 Å². The minimum absolute atomic E-state index is 0.405. The van der Waals surface area contributed by atoms with Crippen LogP contribution in [0.4, 0.5) is 11.8 Å². The van der Waals surface area contributed by atoms with Crippen LogP contribution < -0.4 is 9.80 Å². The van der Waals surface area contributed by atoms with Gasteiger partial charge in [0.05, 0.1) is 0 Å². The Labute approximate surface area is 139 Å². The highest BCUT2D eigenvalue weighted by atomic mass is 79.9. The number of aryl methyl sites for hydroxylation is 1. The van der Waals surface area contributed by atoms with Crippen molar-refractivity contribution in [2.75, 3.05) is 29.9 Å². The van der Waals surface area contributed by atoms with Crippen LogP contribution in [-0.2, 0) is 0 Å². The Balaban J connectivity index is 1.72. The molecule has 0 saturated carbocycles. The number of anilines is 2. The summed E-state index contributed by atoms with van der Waals surface area (Å²) in [6, 6.07) is 4.51. The summed E-state index contributed by atoms with van der Waals surface area (Å²) in [5.74, 6) is 1.83. The number of aromatic nitrogens is 3. The average Bonchev–Trinajstić information content (AvgIpc) is 2.56. The summed E-state index contributed by atoms with van der Waals surface area (Å²) in [6.07, 6.45) is 7.90. The summed E-state index contributed by atoms with van der Waals surface area (Å²) >= 11 is 3.44. The van der Waals surface area contributed by atoms with Crippen molar-refractivity contribution in [1.29, 1.82) is 0 Å². The Bertz CT molecular complexity index is 570. The molecular formula is C16H20BrN5. The van der Waals surface area contributed by atoms with E-state index in [-0.39, 0.29) is 0 Å². The van der Waals surface area contributed by atoms with E-state index in [0.29, 0.717) is 6.04 Å². The van der Waals surface area contributed by atoms with Crippen molar-refractivity contribution >= 4 is 27.7 Å². The van der Waals surface area contributed by atoms with Gasteiger partial charge in [0.15, 0.2) is 0 Å². The third kappa shape index (κ3) is 3.38. The molecule has 1 atom stereocenters. The molecule has 1 saturated heterocycles. The van der Waals surface area contributed by atoms with Crippen LogP contribution in [0.1, 0.15) is 18.4 Å². The molecule has 3 rings (SSSR count). The van der Waals surface area contributed by atoms with Crippen molar-refractivity contribution < 1.29 is 0 Å². The molecular weight excluding hydrogens is 342 g/mol. The van der Waals surface area contributed by atoms with Crippen LogP contribution in [-0.4, -0.2) is 41.1 Å². The van der Waals surface area contributed by atoms with Gasteiger partial charge >= 0.3 is 0 Å². The fraction of sp³-hybridized carbons (Fsp3) is 0.438. The maximum atomic E-state index is 4.51. The number of halogens is 1. The average molecular weight is 362 g/mol. The van der Waals surface area contributed by atoms with Gasteiger partial charge in [-0.15, -0.1) is 0 Å². The van der Waals surface area contributed by atoms with Gasteiger partial charge in [0.1, 0.15) is 5.82 Å². The van der Waals surface area contributed by atoms with Gasteiger partial charge in [-0.2, -0.15) is 0 Å². The summed E-state index contributed by atoms with van der Waals surface area (Å²) in [4.78, 5) is 17.9. The molecule has 116 valence electrons. The molecule has 1 aliphatic rings. The first kappa shape index (κ1) is 15.2. The van der Waals surface area contributed by atoms with Crippen LogP contribution in [0.25, 0.3) is 0 Å². The highest BCUT2D eigenvalue weighted by Crippen LogP contribution is 2.23. The van der Waals surface area contributed by atoms with E-state index in [9.17, 15) is 0 Å². The van der Waals surface area contributed by atoms with Crippen molar-refractivity contribution in [2.45, 2.75) is 25.8 Å². The van der Waals surface area contributed by atoms with Crippen molar-refractivity contribution in [3.63, 3.8) is 0 Å². The number of hydrogen-bond donors (Lipinski definition) is 0. The lowest BCUT2D eigenvalue weighted by atomic mass is 10.0. The fourth-order valence-electron chi connectivity index (χ4n) is 2.77. The second kappa shape index (κ2) is 6.60. The topological polar surface area (TPSA) is 45.2 Å². The molecule has 3 heterocycles. The molecule has 1 aliphatic heterocycles. The van der Waals surface area contributed by atoms with E-state index in [2.05, 4.69) is 53.8 Å². The van der Waals surface area contributed by atoms with Gasteiger partial charge < -0.3 is 9.80 Å². The van der Waals surface area contributed by atoms with Gasteiger partial charge in [0.25, 0.3) is 0 Å². The number of nitrogens with zero attached hydrogens (tertiary/aromatic N) is 5. The van der Waals surface area contributed by atoms with Crippen LogP contribution in [0.5, 0.6) is 0 Å². The molecule has 22 heavy (non-hydrogen) atoms. The van der Waals surface area contributed by atoms with Crippen LogP contribution in [0.3, 0.4) is 0 Å². The fourth-order valence-corrected chi connectivity index (χ4v) is 3.00. The van der Waals surface area contributed by atoms with E-state index < -0.39 is 0 Å². The molecule has 6 heteroatoms. The van der Waals surface area contributed by atoms with Gasteiger partial charge in [-0.05, 0) is 53.4 Å². The summed E-state index contributed by atoms with van der Waals surface area (Å²) in [7, 11) is 2.08. The van der Waals surface area contributed by atoms with Crippen molar-refractivity contribution in [3.05, 3.63) is 40.8 Å². The van der Waals surface area contributed by atoms with Crippen molar-refractivity contribution in [1.82, 2.24) is 15.0 Å². The maximum absolute atomic E-state index is 4.51. The Kier molecular flexibility index (Phi) is 4.57. The van der Waals surface area contributed by atoms with Gasteiger partial charge in [-0.25, -0.2) is 15.0 Å². The van der Waals surface area contributed by atoms with Crippen LogP contribution in [0, 0.1) is 6.92 Å². The van der Waals surface area contributed by atoms with E-state index in [4.69, 9.17) is 0 Å². The molecule has 2 aromatic heterocycles. The standard InChI is InChI=1S/C16H20BrN5/c1-12-8-19-16(20-9-12)21(2)14-4-3-7-22(11-14)15-6-5-13(17)10-18-15/h5-6,8-10,14H,3-4,7,11H2,1-2H3. The highest BCUT2D eigenvalue weighted by Gasteiger charge is 2.25. The van der Waals surface area contributed by atoms with Gasteiger partial charge in [-0.3, -0.25) is 0 Å². The van der Waals surface area contributed by atoms with Crippen molar-refractivity contribution in [2.24, 2.45) is 0 Å². The Hall–Kier alpha value is -1.69. The zero-order chi connectivity index (χ0) is 15.5. The molecule has 0 radical (unpaired) electrons. The molecule has 1 unspecified atom stereocenters. The van der Waals surface area contributed by atoms with E-state index >= 15 is 0 Å². The first-order valence-electron chi connectivity index (χ1n) is 7.51. The molecule has 0 aliphatic carbocycles. The lowest BCUT2D eigenvalue weighted by Gasteiger charge is -2.38. The van der Waals surface area contributed by atoms with E-state index in [1.807, 2.05) is 31.6 Å². The minimum Gasteiger partial charge on any atom is -0.355 e. The number of rotatable bonds is 3. The predicted molar refractivity (Wildman–Crippen MR) is 92.3 cm³/mol. The molecule has 2 aromatic rings. The smallest absolute Gasteiger partial charge is 0.225 e. The van der Waals surface area contributed by atoms with Crippen LogP contribution >= 0.6 is 15.9 Å². The Morgan fingerprint density at radius 2 is 1.95 bits per heavy atom. The zero-order valence-corrected chi connectivity index (χ0v) is 14.5. The minimum atomic E-state index is 0.405. The van der Waals surface area contributed by atoms with Gasteiger partial charge in [0, 0.05) is 49.2 Å². The van der Waals surface area contributed by atoms with E-state index in [1.54, 1.807) is 0 Å². The maximum Gasteiger partial charge on any atom is 0.225 e. The van der Waals surface area contributed by atoms with E-state index in [0.717, 1.165) is 47.7 Å². The first-order chi connectivity index (χ1) is 10.6. The first-order valence-corrected chi connectivity index (χ1v) is 8.31. The molecule has 0 N–H and O–H groups in total. The second-order valence-electron chi connectivity index (χ2n) is 5.75. The van der Waals surface area contributed by atoms with Crippen molar-refractivity contribution in [3.8, 4) is 0 Å². The van der Waals surface area contributed by atoms with Gasteiger partial charge in [-0.1, -0.05) is 0 Å². The lowest BCUT2D eigenvalue weighted by Crippen LogP contribution is -2.47. The normalized spacial score (nSPS) is 18.3. The third-order valence-corrected chi connectivity index (χ3v) is 4.53. The van der Waals surface area contributed by atoms with E-state index in [1.165, 1.54) is 0 Å². The summed E-state index contributed by atoms with van der Waals surface area (Å²) < 4.78 is 1.01. The monoisotopic (exact) mass is 361 g/mol.